The largest absolute Gasteiger partial charge is 0.491 e. The maximum absolute atomic E-state index is 12.1. The van der Waals surface area contributed by atoms with E-state index in [1.54, 1.807) is 36.4 Å². The van der Waals surface area contributed by atoms with E-state index in [1.807, 2.05) is 0 Å². The average molecular weight is 384 g/mol. The molecule has 2 aromatic rings. The number of hydrogen-bond acceptors (Lipinski definition) is 5. The third-order valence-corrected chi connectivity index (χ3v) is 4.92. The van der Waals surface area contributed by atoms with E-state index in [-0.39, 0.29) is 18.9 Å². The van der Waals surface area contributed by atoms with Crippen molar-refractivity contribution in [3.05, 3.63) is 64.7 Å². The Labute approximate surface area is 151 Å². The number of nitrogens with one attached hydrogen (secondary N) is 1. The van der Waals surface area contributed by atoms with Crippen LogP contribution in [-0.2, 0) is 20.5 Å². The average Bonchev–Trinajstić information content (AvgIpc) is 2.60. The third kappa shape index (κ3) is 6.04. The first-order chi connectivity index (χ1) is 11.9. The van der Waals surface area contributed by atoms with E-state index >= 15 is 0 Å². The van der Waals surface area contributed by atoms with Crippen LogP contribution in [0, 0.1) is 0 Å². The minimum absolute atomic E-state index is 0.119. The number of para-hydroxylation sites is 1. The summed E-state index contributed by atoms with van der Waals surface area (Å²) in [4.78, 5) is 11.3. The van der Waals surface area contributed by atoms with Crippen LogP contribution in [0.4, 0.5) is 0 Å². The molecule has 2 aromatic carbocycles. The van der Waals surface area contributed by atoms with Crippen molar-refractivity contribution < 1.29 is 22.7 Å². The van der Waals surface area contributed by atoms with Crippen LogP contribution in [0.2, 0.25) is 5.02 Å². The van der Waals surface area contributed by atoms with Crippen molar-refractivity contribution in [2.45, 2.75) is 5.75 Å². The number of esters is 1. The molecule has 0 spiro atoms. The maximum atomic E-state index is 12.1. The fourth-order valence-corrected chi connectivity index (χ4v) is 3.36. The number of methoxy groups -OCH3 is 1. The summed E-state index contributed by atoms with van der Waals surface area (Å²) in [6.45, 7) is 0.276. The molecule has 0 aliphatic carbocycles. The van der Waals surface area contributed by atoms with Gasteiger partial charge in [0.15, 0.2) is 0 Å². The monoisotopic (exact) mass is 383 g/mol. The molecule has 0 amide bonds. The molecule has 0 bridgehead atoms. The summed E-state index contributed by atoms with van der Waals surface area (Å²) in [6.07, 6.45) is 0. The van der Waals surface area contributed by atoms with Gasteiger partial charge in [0, 0.05) is 6.54 Å². The predicted octanol–water partition coefficient (Wildman–Crippen LogP) is 2.62. The van der Waals surface area contributed by atoms with Gasteiger partial charge in [-0.3, -0.25) is 0 Å². The molecule has 0 aromatic heterocycles. The Morgan fingerprint density at radius 1 is 1.12 bits per heavy atom. The van der Waals surface area contributed by atoms with Crippen LogP contribution >= 0.6 is 11.6 Å². The van der Waals surface area contributed by atoms with Gasteiger partial charge in [0.25, 0.3) is 0 Å². The molecule has 25 heavy (non-hydrogen) atoms. The first-order valence-electron chi connectivity index (χ1n) is 7.43. The fourth-order valence-electron chi connectivity index (χ4n) is 2.05. The van der Waals surface area contributed by atoms with Crippen LogP contribution in [0.15, 0.2) is 48.5 Å². The summed E-state index contributed by atoms with van der Waals surface area (Å²) in [5.74, 6) is -0.161. The lowest BCUT2D eigenvalue weighted by Crippen LogP contribution is -2.29. The molecule has 0 atom stereocenters. The lowest BCUT2D eigenvalue weighted by molar-refractivity contribution is 0.0600. The molecule has 0 heterocycles. The molecule has 0 saturated carbocycles. The second-order valence-corrected chi connectivity index (χ2v) is 7.33. The highest BCUT2D eigenvalue weighted by molar-refractivity contribution is 7.88. The molecule has 0 fully saturated rings. The smallest absolute Gasteiger partial charge is 0.337 e. The Balaban J connectivity index is 1.83. The summed E-state index contributed by atoms with van der Waals surface area (Å²) >= 11 is 5.95. The summed E-state index contributed by atoms with van der Waals surface area (Å²) in [5.41, 5.74) is 0.928. The molecule has 2 rings (SSSR count). The van der Waals surface area contributed by atoms with Crippen LogP contribution in [-0.4, -0.2) is 34.6 Å². The molecule has 6 nitrogen and oxygen atoms in total. The molecule has 0 radical (unpaired) electrons. The standard InChI is InChI=1S/C17H18ClNO5S/c1-23-17(20)14-8-6-13(7-9-14)12-25(21,22)19-10-11-24-16-5-3-2-4-15(16)18/h2-9,19H,10-12H2,1H3. The molecule has 0 unspecified atom stereocenters. The zero-order valence-electron chi connectivity index (χ0n) is 13.6. The third-order valence-electron chi connectivity index (χ3n) is 3.25. The lowest BCUT2D eigenvalue weighted by atomic mass is 10.1. The van der Waals surface area contributed by atoms with Gasteiger partial charge in [-0.1, -0.05) is 35.9 Å². The predicted molar refractivity (Wildman–Crippen MR) is 95.4 cm³/mol. The topological polar surface area (TPSA) is 81.7 Å². The van der Waals surface area contributed by atoms with E-state index < -0.39 is 16.0 Å². The first kappa shape index (κ1) is 19.2. The number of halogens is 1. The van der Waals surface area contributed by atoms with Crippen molar-refractivity contribution in [3.63, 3.8) is 0 Å². The van der Waals surface area contributed by atoms with E-state index in [0.29, 0.717) is 21.9 Å². The Bertz CT molecular complexity index is 821. The van der Waals surface area contributed by atoms with E-state index in [4.69, 9.17) is 16.3 Å². The summed E-state index contributed by atoms with van der Waals surface area (Å²) in [7, 11) is -2.23. The molecule has 1 N–H and O–H groups in total. The highest BCUT2D eigenvalue weighted by Crippen LogP contribution is 2.22. The van der Waals surface area contributed by atoms with Gasteiger partial charge < -0.3 is 9.47 Å². The second kappa shape index (κ2) is 8.84. The number of rotatable bonds is 8. The van der Waals surface area contributed by atoms with Gasteiger partial charge in [-0.2, -0.15) is 0 Å². The number of sulfonamides is 1. The maximum Gasteiger partial charge on any atom is 0.337 e. The molecular weight excluding hydrogens is 366 g/mol. The normalized spacial score (nSPS) is 11.1. The van der Waals surface area contributed by atoms with Gasteiger partial charge in [0.05, 0.1) is 23.4 Å². The van der Waals surface area contributed by atoms with Crippen LogP contribution < -0.4 is 9.46 Å². The summed E-state index contributed by atoms with van der Waals surface area (Å²) in [5, 5.41) is 0.469. The number of carbonyl (C=O) groups excluding carboxylic acids is 1. The van der Waals surface area contributed by atoms with Crippen molar-refractivity contribution >= 4 is 27.6 Å². The van der Waals surface area contributed by atoms with Gasteiger partial charge in [-0.05, 0) is 29.8 Å². The van der Waals surface area contributed by atoms with E-state index in [0.717, 1.165) is 0 Å². The van der Waals surface area contributed by atoms with Crippen LogP contribution in [0.3, 0.4) is 0 Å². The summed E-state index contributed by atoms with van der Waals surface area (Å²) < 4.78 is 36.6. The number of ether oxygens (including phenoxy) is 2. The molecule has 134 valence electrons. The van der Waals surface area contributed by atoms with Gasteiger partial charge >= 0.3 is 5.97 Å². The SMILES string of the molecule is COC(=O)c1ccc(CS(=O)(=O)NCCOc2ccccc2Cl)cc1. The first-order valence-corrected chi connectivity index (χ1v) is 9.46. The number of hydrogen-bond donors (Lipinski definition) is 1. The highest BCUT2D eigenvalue weighted by atomic mass is 35.5. The Kier molecular flexibility index (Phi) is 6.81. The van der Waals surface area contributed by atoms with Crippen molar-refractivity contribution in [2.75, 3.05) is 20.3 Å². The molecular formula is C17H18ClNO5S. The zero-order valence-corrected chi connectivity index (χ0v) is 15.1. The Morgan fingerprint density at radius 3 is 2.44 bits per heavy atom. The van der Waals surface area contributed by atoms with Crippen LogP contribution in [0.25, 0.3) is 0 Å². The minimum Gasteiger partial charge on any atom is -0.491 e. The highest BCUT2D eigenvalue weighted by Gasteiger charge is 2.12. The quantitative estimate of drug-likeness (QED) is 0.559. The fraction of sp³-hybridized carbons (Fsp3) is 0.235. The lowest BCUT2D eigenvalue weighted by Gasteiger charge is -2.10. The zero-order chi connectivity index (χ0) is 18.3. The van der Waals surface area contributed by atoms with Gasteiger partial charge in [-0.15, -0.1) is 0 Å². The van der Waals surface area contributed by atoms with Gasteiger partial charge in [0.2, 0.25) is 10.0 Å². The number of benzene rings is 2. The van der Waals surface area contributed by atoms with Crippen molar-refractivity contribution in [1.82, 2.24) is 4.72 Å². The Hall–Kier alpha value is -2.09. The molecule has 0 aliphatic heterocycles. The molecule has 0 aliphatic rings. The van der Waals surface area contributed by atoms with Crippen LogP contribution in [0.1, 0.15) is 15.9 Å². The van der Waals surface area contributed by atoms with Crippen molar-refractivity contribution in [3.8, 4) is 5.75 Å². The Morgan fingerprint density at radius 2 is 1.80 bits per heavy atom. The second-order valence-electron chi connectivity index (χ2n) is 5.12. The van der Waals surface area contributed by atoms with E-state index in [1.165, 1.54) is 19.2 Å². The number of carbonyl (C=O) groups is 1. The van der Waals surface area contributed by atoms with Crippen molar-refractivity contribution in [2.24, 2.45) is 0 Å². The molecule has 8 heteroatoms. The van der Waals surface area contributed by atoms with Crippen LogP contribution in [0.5, 0.6) is 5.75 Å². The van der Waals surface area contributed by atoms with Crippen molar-refractivity contribution in [1.29, 1.82) is 0 Å². The molecule has 0 saturated heterocycles. The van der Waals surface area contributed by atoms with Gasteiger partial charge in [-0.25, -0.2) is 17.9 Å². The summed E-state index contributed by atoms with van der Waals surface area (Å²) in [6, 6.07) is 13.2. The van der Waals surface area contributed by atoms with E-state index in [9.17, 15) is 13.2 Å². The van der Waals surface area contributed by atoms with E-state index in [2.05, 4.69) is 9.46 Å². The minimum atomic E-state index is -3.52. The van der Waals surface area contributed by atoms with Gasteiger partial charge in [0.1, 0.15) is 12.4 Å².